The van der Waals surface area contributed by atoms with E-state index in [1.807, 2.05) is 0 Å². The Hall–Kier alpha value is -2.78. The first kappa shape index (κ1) is 28.5. The predicted octanol–water partition coefficient (Wildman–Crippen LogP) is 6.15. The molecular formula is C19H15BrF9N3O3. The lowest BCUT2D eigenvalue weighted by Gasteiger charge is -2.16. The third kappa shape index (κ3) is 7.35. The molecule has 0 fully saturated rings. The topological polar surface area (TPSA) is 65.7 Å². The molecular weight excluding hydrogens is 569 g/mol. The summed E-state index contributed by atoms with van der Waals surface area (Å²) in [6, 6.07) is 0.450. The van der Waals surface area contributed by atoms with Crippen LogP contribution in [0, 0.1) is 0 Å². The third-order valence-corrected chi connectivity index (χ3v) is 5.02. The summed E-state index contributed by atoms with van der Waals surface area (Å²) in [5.41, 5.74) is -7.03. The second-order valence-electron chi connectivity index (χ2n) is 6.83. The number of hydrogen-bond acceptors (Lipinski definition) is 5. The molecule has 1 heterocycles. The summed E-state index contributed by atoms with van der Waals surface area (Å²) in [6.45, 7) is 0.851. The Bertz CT molecular complexity index is 1160. The molecule has 0 atom stereocenters. The van der Waals surface area contributed by atoms with Crippen LogP contribution in [-0.2, 0) is 35.1 Å². The molecule has 2 aromatic rings. The fraction of sp³-hybridized carbons (Fsp3) is 0.421. The number of alkyl halides is 9. The minimum absolute atomic E-state index is 0.00528. The Balaban J connectivity index is 2.71. The number of aromatic nitrogens is 2. The molecule has 35 heavy (non-hydrogen) atoms. The fourth-order valence-corrected chi connectivity index (χ4v) is 3.05. The Kier molecular flexibility index (Phi) is 8.50. The summed E-state index contributed by atoms with van der Waals surface area (Å²) in [5, 5.41) is 0. The van der Waals surface area contributed by atoms with Crippen LogP contribution in [0.2, 0.25) is 0 Å². The third-order valence-electron chi connectivity index (χ3n) is 4.19. The van der Waals surface area contributed by atoms with Gasteiger partial charge in [0.25, 0.3) is 0 Å². The number of carbonyl (C=O) groups is 1. The Morgan fingerprint density at radius 3 is 2.17 bits per heavy atom. The lowest BCUT2D eigenvalue weighted by molar-refractivity contribution is -0.151. The van der Waals surface area contributed by atoms with E-state index in [1.165, 1.54) is 0 Å². The normalized spacial score (nSPS) is 13.2. The van der Waals surface area contributed by atoms with Crippen LogP contribution in [0.1, 0.15) is 36.6 Å². The average molecular weight is 584 g/mol. The first-order valence-corrected chi connectivity index (χ1v) is 10.2. The summed E-state index contributed by atoms with van der Waals surface area (Å²) in [7, 11) is 1.04. The van der Waals surface area contributed by atoms with Crippen molar-refractivity contribution in [2.24, 2.45) is 12.0 Å². The Labute approximate surface area is 199 Å². The van der Waals surface area contributed by atoms with Gasteiger partial charge in [0.15, 0.2) is 5.69 Å². The van der Waals surface area contributed by atoms with Gasteiger partial charge in [0, 0.05) is 19.5 Å². The molecule has 0 radical (unpaired) electrons. The van der Waals surface area contributed by atoms with Gasteiger partial charge in [-0.1, -0.05) is 6.92 Å². The molecule has 1 aromatic heterocycles. The van der Waals surface area contributed by atoms with Crippen molar-refractivity contribution in [3.8, 4) is 5.88 Å². The van der Waals surface area contributed by atoms with Gasteiger partial charge in [-0.2, -0.15) is 39.5 Å². The van der Waals surface area contributed by atoms with Gasteiger partial charge in [0.05, 0.1) is 21.3 Å². The lowest BCUT2D eigenvalue weighted by atomic mass is 10.1. The van der Waals surface area contributed by atoms with Crippen molar-refractivity contribution < 1.29 is 53.8 Å². The second-order valence-corrected chi connectivity index (χ2v) is 7.62. The standard InChI is InChI=1S/C19H15BrF9N3O3/c1-3-4-14(33)35-8-34-13-7-12(19(27,28)29)31-16(32(13)2)30-11-6-9(17(21,22)23)5-10(15(11)20)18(24,25)26/h5-7H,3-4,8H2,1-2H3. The minimum atomic E-state index is -5.25. The highest BCUT2D eigenvalue weighted by Crippen LogP contribution is 2.43. The van der Waals surface area contributed by atoms with Crippen LogP contribution in [0.3, 0.4) is 0 Å². The summed E-state index contributed by atoms with van der Waals surface area (Å²) in [4.78, 5) is 18.1. The maximum Gasteiger partial charge on any atom is 0.433 e. The van der Waals surface area contributed by atoms with E-state index in [2.05, 4.69) is 30.6 Å². The van der Waals surface area contributed by atoms with Gasteiger partial charge >= 0.3 is 24.5 Å². The van der Waals surface area contributed by atoms with Gasteiger partial charge in [-0.25, -0.2) is 9.98 Å². The van der Waals surface area contributed by atoms with Crippen LogP contribution in [0.4, 0.5) is 45.2 Å². The minimum Gasteiger partial charge on any atom is -0.442 e. The van der Waals surface area contributed by atoms with Gasteiger partial charge in [0.2, 0.25) is 18.3 Å². The van der Waals surface area contributed by atoms with Crippen LogP contribution in [0.25, 0.3) is 0 Å². The maximum absolute atomic E-state index is 13.3. The van der Waals surface area contributed by atoms with Crippen molar-refractivity contribution in [3.05, 3.63) is 45.1 Å². The smallest absolute Gasteiger partial charge is 0.433 e. The van der Waals surface area contributed by atoms with Gasteiger partial charge in [-0.15, -0.1) is 0 Å². The van der Waals surface area contributed by atoms with E-state index < -0.39 is 69.8 Å². The van der Waals surface area contributed by atoms with Crippen molar-refractivity contribution in [2.75, 3.05) is 6.79 Å². The lowest BCUT2D eigenvalue weighted by Crippen LogP contribution is -2.28. The first-order valence-electron chi connectivity index (χ1n) is 9.41. The molecule has 1 aromatic carbocycles. The largest absolute Gasteiger partial charge is 0.442 e. The molecule has 194 valence electrons. The van der Waals surface area contributed by atoms with Crippen molar-refractivity contribution >= 4 is 27.6 Å². The van der Waals surface area contributed by atoms with Crippen LogP contribution < -0.4 is 10.4 Å². The van der Waals surface area contributed by atoms with E-state index in [4.69, 9.17) is 4.74 Å². The van der Waals surface area contributed by atoms with Crippen LogP contribution in [0.5, 0.6) is 5.88 Å². The highest BCUT2D eigenvalue weighted by Gasteiger charge is 2.39. The van der Waals surface area contributed by atoms with E-state index in [1.54, 1.807) is 6.92 Å². The zero-order valence-electron chi connectivity index (χ0n) is 17.7. The number of halogens is 10. The quantitative estimate of drug-likeness (QED) is 0.232. The van der Waals surface area contributed by atoms with Crippen LogP contribution in [0.15, 0.2) is 27.7 Å². The van der Waals surface area contributed by atoms with Crippen molar-refractivity contribution in [1.29, 1.82) is 0 Å². The Morgan fingerprint density at radius 1 is 1.03 bits per heavy atom. The highest BCUT2D eigenvalue weighted by molar-refractivity contribution is 9.10. The number of rotatable bonds is 6. The molecule has 0 amide bonds. The SMILES string of the molecule is CCCC(=O)OCOc1cc(C(F)(F)F)nc(=Nc2cc(C(F)(F)F)cc(C(F)(F)F)c2Br)n1C. The first-order chi connectivity index (χ1) is 15.9. The van der Waals surface area contributed by atoms with Gasteiger partial charge < -0.3 is 9.47 Å². The van der Waals surface area contributed by atoms with Crippen molar-refractivity contribution in [3.63, 3.8) is 0 Å². The maximum atomic E-state index is 13.3. The molecule has 0 spiro atoms. The second kappa shape index (κ2) is 10.5. The summed E-state index contributed by atoms with van der Waals surface area (Å²) in [5.74, 6) is -1.34. The van der Waals surface area contributed by atoms with Gasteiger partial charge in [-0.05, 0) is 34.5 Å². The average Bonchev–Trinajstić information content (AvgIpc) is 2.69. The van der Waals surface area contributed by atoms with Crippen molar-refractivity contribution in [2.45, 2.75) is 38.3 Å². The van der Waals surface area contributed by atoms with Crippen LogP contribution in [-0.4, -0.2) is 22.3 Å². The number of carbonyl (C=O) groups excluding carboxylic acids is 1. The number of hydrogen-bond donors (Lipinski definition) is 0. The van der Waals surface area contributed by atoms with Gasteiger partial charge in [-0.3, -0.25) is 9.36 Å². The molecule has 0 N–H and O–H groups in total. The van der Waals surface area contributed by atoms with Gasteiger partial charge in [0.1, 0.15) is 0 Å². The number of benzene rings is 1. The molecule has 16 heteroatoms. The van der Waals surface area contributed by atoms with E-state index in [9.17, 15) is 44.3 Å². The summed E-state index contributed by atoms with van der Waals surface area (Å²) >= 11 is 2.52. The number of esters is 1. The Morgan fingerprint density at radius 2 is 1.66 bits per heavy atom. The van der Waals surface area contributed by atoms with Crippen molar-refractivity contribution in [1.82, 2.24) is 9.55 Å². The van der Waals surface area contributed by atoms with Crippen LogP contribution >= 0.6 is 15.9 Å². The molecule has 0 aliphatic carbocycles. The van der Waals surface area contributed by atoms with E-state index in [0.717, 1.165) is 11.6 Å². The number of ether oxygens (including phenoxy) is 2. The molecule has 6 nitrogen and oxygen atoms in total. The number of nitrogens with zero attached hydrogens (tertiary/aromatic N) is 3. The van der Waals surface area contributed by atoms with E-state index in [-0.39, 0.29) is 18.6 Å². The molecule has 0 bridgehead atoms. The van der Waals surface area contributed by atoms with E-state index in [0.29, 0.717) is 12.5 Å². The molecule has 0 unspecified atom stereocenters. The molecule has 2 rings (SSSR count). The molecule has 0 aliphatic heterocycles. The zero-order chi connectivity index (χ0) is 26.8. The molecule has 0 saturated carbocycles. The highest BCUT2D eigenvalue weighted by atomic mass is 79.9. The summed E-state index contributed by atoms with van der Waals surface area (Å²) in [6.07, 6.45) is -15.1. The monoisotopic (exact) mass is 583 g/mol. The predicted molar refractivity (Wildman–Crippen MR) is 104 cm³/mol. The molecule has 0 aliphatic rings. The zero-order valence-corrected chi connectivity index (χ0v) is 19.3. The van der Waals surface area contributed by atoms with E-state index >= 15 is 0 Å². The summed E-state index contributed by atoms with van der Waals surface area (Å²) < 4.78 is 129. The molecule has 0 saturated heterocycles. The fourth-order valence-electron chi connectivity index (χ4n) is 2.51.